The molecule has 0 saturated carbocycles. The Labute approximate surface area is 130 Å². The van der Waals surface area contributed by atoms with E-state index in [1.54, 1.807) is 11.3 Å². The van der Waals surface area contributed by atoms with Gasteiger partial charge in [0, 0.05) is 24.5 Å². The van der Waals surface area contributed by atoms with Crippen molar-refractivity contribution in [1.29, 1.82) is 0 Å². The van der Waals surface area contributed by atoms with Gasteiger partial charge in [-0.2, -0.15) is 0 Å². The summed E-state index contributed by atoms with van der Waals surface area (Å²) < 4.78 is 0. The fraction of sp³-hybridized carbons (Fsp3) is 0.353. The van der Waals surface area contributed by atoms with Crippen LogP contribution in [0.5, 0.6) is 0 Å². The van der Waals surface area contributed by atoms with Crippen LogP contribution in [0.2, 0.25) is 0 Å². The molecule has 112 valence electrons. The lowest BCUT2D eigenvalue weighted by Crippen LogP contribution is -2.38. The molecule has 2 aromatic rings. The first-order valence-corrected chi connectivity index (χ1v) is 8.09. The zero-order valence-electron chi connectivity index (χ0n) is 12.7. The van der Waals surface area contributed by atoms with Crippen LogP contribution in [0.1, 0.15) is 17.4 Å². The van der Waals surface area contributed by atoms with E-state index in [0.717, 1.165) is 13.1 Å². The standard InChI is InChI=1S/C17H22N2OS/c1-3-19(12-15-8-5-4-6-9-15)17(20)14-18(2)13-16-10-7-11-21-16/h4-11H,3,12-14H2,1-2H3. The molecule has 0 fully saturated rings. The SMILES string of the molecule is CCN(Cc1ccccc1)C(=O)CN(C)Cc1cccs1. The van der Waals surface area contributed by atoms with E-state index in [4.69, 9.17) is 0 Å². The lowest BCUT2D eigenvalue weighted by molar-refractivity contribution is -0.132. The van der Waals surface area contributed by atoms with Crippen molar-refractivity contribution in [3.05, 3.63) is 58.3 Å². The Morgan fingerprint density at radius 1 is 1.10 bits per heavy atom. The van der Waals surface area contributed by atoms with Crippen molar-refractivity contribution in [3.63, 3.8) is 0 Å². The highest BCUT2D eigenvalue weighted by Crippen LogP contribution is 2.11. The maximum absolute atomic E-state index is 12.4. The summed E-state index contributed by atoms with van der Waals surface area (Å²) in [7, 11) is 1.99. The molecule has 0 bridgehead atoms. The molecule has 0 radical (unpaired) electrons. The molecule has 1 amide bonds. The van der Waals surface area contributed by atoms with Gasteiger partial charge in [-0.25, -0.2) is 0 Å². The highest BCUT2D eigenvalue weighted by molar-refractivity contribution is 7.09. The van der Waals surface area contributed by atoms with Gasteiger partial charge >= 0.3 is 0 Å². The molecule has 4 heteroatoms. The zero-order valence-corrected chi connectivity index (χ0v) is 13.5. The number of benzene rings is 1. The molecule has 0 saturated heterocycles. The number of nitrogens with zero attached hydrogens (tertiary/aromatic N) is 2. The van der Waals surface area contributed by atoms with Crippen molar-refractivity contribution in [2.45, 2.75) is 20.0 Å². The maximum atomic E-state index is 12.4. The quantitative estimate of drug-likeness (QED) is 0.784. The van der Waals surface area contributed by atoms with Gasteiger partial charge < -0.3 is 4.90 Å². The Hall–Kier alpha value is -1.65. The number of likely N-dealkylation sites (N-methyl/N-ethyl adjacent to an activating group) is 2. The fourth-order valence-electron chi connectivity index (χ4n) is 2.24. The van der Waals surface area contributed by atoms with Crippen molar-refractivity contribution in [1.82, 2.24) is 9.80 Å². The van der Waals surface area contributed by atoms with E-state index in [-0.39, 0.29) is 5.91 Å². The second-order valence-electron chi connectivity index (χ2n) is 5.15. The molecular weight excluding hydrogens is 280 g/mol. The number of hydrogen-bond donors (Lipinski definition) is 0. The van der Waals surface area contributed by atoms with Crippen LogP contribution in [0.4, 0.5) is 0 Å². The third kappa shape index (κ3) is 4.99. The monoisotopic (exact) mass is 302 g/mol. The van der Waals surface area contributed by atoms with Crippen molar-refractivity contribution < 1.29 is 4.79 Å². The Morgan fingerprint density at radius 2 is 1.86 bits per heavy atom. The summed E-state index contributed by atoms with van der Waals surface area (Å²) in [5.41, 5.74) is 1.17. The number of hydrogen-bond acceptors (Lipinski definition) is 3. The van der Waals surface area contributed by atoms with E-state index in [1.807, 2.05) is 43.1 Å². The third-order valence-electron chi connectivity index (χ3n) is 3.36. The summed E-state index contributed by atoms with van der Waals surface area (Å²) >= 11 is 1.73. The van der Waals surface area contributed by atoms with Crippen LogP contribution in [-0.2, 0) is 17.9 Å². The number of carbonyl (C=O) groups excluding carboxylic acids is 1. The van der Waals surface area contributed by atoms with Gasteiger partial charge in [0.1, 0.15) is 0 Å². The minimum atomic E-state index is 0.181. The number of thiophene rings is 1. The Bertz CT molecular complexity index is 539. The summed E-state index contributed by atoms with van der Waals surface area (Å²) in [6.07, 6.45) is 0. The lowest BCUT2D eigenvalue weighted by atomic mass is 10.2. The van der Waals surface area contributed by atoms with Crippen LogP contribution in [0.25, 0.3) is 0 Å². The van der Waals surface area contributed by atoms with Crippen LogP contribution in [0.3, 0.4) is 0 Å². The highest BCUT2D eigenvalue weighted by Gasteiger charge is 2.14. The molecule has 0 unspecified atom stereocenters. The Balaban J connectivity index is 1.87. The average Bonchev–Trinajstić information content (AvgIpc) is 2.98. The van der Waals surface area contributed by atoms with Crippen molar-refractivity contribution in [3.8, 4) is 0 Å². The van der Waals surface area contributed by atoms with Gasteiger partial charge in [0.05, 0.1) is 6.54 Å². The molecule has 0 spiro atoms. The smallest absolute Gasteiger partial charge is 0.237 e. The first kappa shape index (κ1) is 15.7. The van der Waals surface area contributed by atoms with E-state index in [9.17, 15) is 4.79 Å². The lowest BCUT2D eigenvalue weighted by Gasteiger charge is -2.24. The third-order valence-corrected chi connectivity index (χ3v) is 4.22. The molecule has 0 aliphatic heterocycles. The number of carbonyl (C=O) groups is 1. The van der Waals surface area contributed by atoms with E-state index < -0.39 is 0 Å². The molecule has 0 atom stereocenters. The first-order chi connectivity index (χ1) is 10.2. The van der Waals surface area contributed by atoms with Crippen LogP contribution < -0.4 is 0 Å². The van der Waals surface area contributed by atoms with Crippen LogP contribution in [0, 0.1) is 0 Å². The molecular formula is C17H22N2OS. The molecule has 0 aliphatic carbocycles. The average molecular weight is 302 g/mol. The molecule has 0 N–H and O–H groups in total. The summed E-state index contributed by atoms with van der Waals surface area (Å²) in [4.78, 5) is 17.7. The summed E-state index contributed by atoms with van der Waals surface area (Å²) in [6.45, 7) is 4.73. The molecule has 2 rings (SSSR count). The normalized spacial score (nSPS) is 10.8. The van der Waals surface area contributed by atoms with Crippen molar-refractivity contribution in [2.75, 3.05) is 20.1 Å². The van der Waals surface area contributed by atoms with Gasteiger partial charge in [-0.05, 0) is 31.0 Å². The van der Waals surface area contributed by atoms with Gasteiger partial charge in [0.2, 0.25) is 5.91 Å². The predicted molar refractivity (Wildman–Crippen MR) is 88.2 cm³/mol. The van der Waals surface area contributed by atoms with Gasteiger partial charge in [-0.15, -0.1) is 11.3 Å². The molecule has 1 heterocycles. The second kappa shape index (κ2) is 7.96. The fourth-order valence-corrected chi connectivity index (χ4v) is 3.02. The van der Waals surface area contributed by atoms with Crippen molar-refractivity contribution in [2.24, 2.45) is 0 Å². The minimum Gasteiger partial charge on any atom is -0.338 e. The largest absolute Gasteiger partial charge is 0.338 e. The first-order valence-electron chi connectivity index (χ1n) is 7.21. The van der Waals surface area contributed by atoms with E-state index >= 15 is 0 Å². The topological polar surface area (TPSA) is 23.6 Å². The molecule has 1 aromatic carbocycles. The molecule has 3 nitrogen and oxygen atoms in total. The van der Waals surface area contributed by atoms with Crippen LogP contribution >= 0.6 is 11.3 Å². The van der Waals surface area contributed by atoms with Gasteiger partial charge in [0.15, 0.2) is 0 Å². The second-order valence-corrected chi connectivity index (χ2v) is 6.18. The van der Waals surface area contributed by atoms with E-state index in [1.165, 1.54) is 10.4 Å². The zero-order chi connectivity index (χ0) is 15.1. The maximum Gasteiger partial charge on any atom is 0.237 e. The van der Waals surface area contributed by atoms with Crippen LogP contribution in [-0.4, -0.2) is 35.8 Å². The highest BCUT2D eigenvalue weighted by atomic mass is 32.1. The number of rotatable bonds is 7. The Kier molecular flexibility index (Phi) is 5.96. The molecule has 0 aliphatic rings. The van der Waals surface area contributed by atoms with Crippen molar-refractivity contribution >= 4 is 17.2 Å². The summed E-state index contributed by atoms with van der Waals surface area (Å²) in [6, 6.07) is 14.3. The summed E-state index contributed by atoms with van der Waals surface area (Å²) in [5.74, 6) is 0.181. The van der Waals surface area contributed by atoms with E-state index in [0.29, 0.717) is 13.1 Å². The van der Waals surface area contributed by atoms with Gasteiger partial charge in [0.25, 0.3) is 0 Å². The van der Waals surface area contributed by atoms with Gasteiger partial charge in [-0.3, -0.25) is 9.69 Å². The van der Waals surface area contributed by atoms with Gasteiger partial charge in [-0.1, -0.05) is 36.4 Å². The Morgan fingerprint density at radius 3 is 2.48 bits per heavy atom. The van der Waals surface area contributed by atoms with E-state index in [2.05, 4.69) is 28.5 Å². The summed E-state index contributed by atoms with van der Waals surface area (Å²) in [5, 5.41) is 2.07. The predicted octanol–water partition coefficient (Wildman–Crippen LogP) is 3.23. The van der Waals surface area contributed by atoms with Crippen LogP contribution in [0.15, 0.2) is 47.8 Å². The molecule has 21 heavy (non-hydrogen) atoms. The number of amides is 1. The molecule has 1 aromatic heterocycles. The minimum absolute atomic E-state index is 0.181.